The lowest BCUT2D eigenvalue weighted by molar-refractivity contribution is 0.288. The second-order valence-corrected chi connectivity index (χ2v) is 4.84. The molecular weight excluding hydrogens is 198 g/mol. The van der Waals surface area contributed by atoms with E-state index in [1.54, 1.807) is 18.0 Å². The molecule has 1 heterocycles. The molecule has 0 aromatic carbocycles. The zero-order chi connectivity index (χ0) is 10.4. The highest BCUT2D eigenvalue weighted by Gasteiger charge is 2.16. The lowest BCUT2D eigenvalue weighted by atomic mass is 10.3. The number of thioether (sulfide) groups is 1. The van der Waals surface area contributed by atoms with Crippen LogP contribution in [0.25, 0.3) is 0 Å². The average Bonchev–Trinajstić information content (AvgIpc) is 2.67. The van der Waals surface area contributed by atoms with Crippen LogP contribution < -0.4 is 5.73 Å². The Kier molecular flexibility index (Phi) is 5.07. The van der Waals surface area contributed by atoms with Crippen LogP contribution in [-0.4, -0.2) is 23.5 Å². The van der Waals surface area contributed by atoms with Crippen molar-refractivity contribution in [1.82, 2.24) is 0 Å². The number of nitrogens with two attached hydrogens (primary N) is 1. The summed E-state index contributed by atoms with van der Waals surface area (Å²) in [5.41, 5.74) is 5.67. The maximum Gasteiger partial charge on any atom is 0.118 e. The van der Waals surface area contributed by atoms with Crippen molar-refractivity contribution in [3.8, 4) is 0 Å². The predicted molar refractivity (Wildman–Crippen MR) is 59.3 cm³/mol. The van der Waals surface area contributed by atoms with E-state index in [4.69, 9.17) is 15.3 Å². The van der Waals surface area contributed by atoms with Crippen LogP contribution in [0.2, 0.25) is 0 Å². The van der Waals surface area contributed by atoms with E-state index in [2.05, 4.69) is 6.92 Å². The van der Waals surface area contributed by atoms with Crippen LogP contribution in [0.5, 0.6) is 0 Å². The largest absolute Gasteiger partial charge is 0.468 e. The van der Waals surface area contributed by atoms with E-state index in [1.165, 1.54) is 0 Å². The third kappa shape index (κ3) is 3.36. The molecule has 0 saturated carbocycles. The first-order chi connectivity index (χ1) is 6.77. The maximum atomic E-state index is 8.78. The molecule has 2 atom stereocenters. The lowest BCUT2D eigenvalue weighted by Crippen LogP contribution is -2.12. The van der Waals surface area contributed by atoms with Gasteiger partial charge in [0.25, 0.3) is 0 Å². The first-order valence-electron chi connectivity index (χ1n) is 4.77. The molecule has 3 nitrogen and oxygen atoms in total. The third-order valence-corrected chi connectivity index (χ3v) is 3.46. The molecule has 0 spiro atoms. The molecule has 2 unspecified atom stereocenters. The van der Waals surface area contributed by atoms with Gasteiger partial charge in [-0.2, -0.15) is 0 Å². The van der Waals surface area contributed by atoms with E-state index in [-0.39, 0.29) is 11.9 Å². The van der Waals surface area contributed by atoms with Crippen molar-refractivity contribution in [1.29, 1.82) is 0 Å². The zero-order valence-corrected chi connectivity index (χ0v) is 9.17. The molecule has 1 aromatic rings. The summed E-state index contributed by atoms with van der Waals surface area (Å²) >= 11 is 1.75. The Labute approximate surface area is 88.7 Å². The highest BCUT2D eigenvalue weighted by molar-refractivity contribution is 8.00. The number of rotatable bonds is 6. The van der Waals surface area contributed by atoms with Gasteiger partial charge in [-0.1, -0.05) is 6.92 Å². The molecular formula is C10H17NO2S. The minimum Gasteiger partial charge on any atom is -0.468 e. The average molecular weight is 215 g/mol. The van der Waals surface area contributed by atoms with Crippen molar-refractivity contribution >= 4 is 11.8 Å². The fourth-order valence-electron chi connectivity index (χ4n) is 1.24. The molecule has 14 heavy (non-hydrogen) atoms. The lowest BCUT2D eigenvalue weighted by Gasteiger charge is -2.16. The number of furan rings is 1. The standard InChI is InChI=1S/C10H17NO2S/c1-8(4-5-12)14-10(7-11)9-3-2-6-13-9/h2-3,6,8,10,12H,4-5,7,11H2,1H3. The van der Waals surface area contributed by atoms with Crippen molar-refractivity contribution < 1.29 is 9.52 Å². The van der Waals surface area contributed by atoms with E-state index in [1.807, 2.05) is 12.1 Å². The minimum absolute atomic E-state index is 0.201. The minimum atomic E-state index is 0.201. The summed E-state index contributed by atoms with van der Waals surface area (Å²) in [6, 6.07) is 3.81. The molecule has 3 N–H and O–H groups in total. The van der Waals surface area contributed by atoms with Gasteiger partial charge < -0.3 is 15.3 Å². The Hall–Kier alpha value is -0.450. The van der Waals surface area contributed by atoms with Gasteiger partial charge in [-0.25, -0.2) is 0 Å². The highest BCUT2D eigenvalue weighted by atomic mass is 32.2. The Bertz CT molecular complexity index is 238. The molecule has 80 valence electrons. The fourth-order valence-corrected chi connectivity index (χ4v) is 2.43. The topological polar surface area (TPSA) is 59.4 Å². The van der Waals surface area contributed by atoms with Crippen LogP contribution in [0.15, 0.2) is 22.8 Å². The number of hydrogen-bond acceptors (Lipinski definition) is 4. The zero-order valence-electron chi connectivity index (χ0n) is 8.35. The van der Waals surface area contributed by atoms with Crippen molar-refractivity contribution in [3.63, 3.8) is 0 Å². The summed E-state index contributed by atoms with van der Waals surface area (Å²) in [5.74, 6) is 0.919. The summed E-state index contributed by atoms with van der Waals surface area (Å²) in [5, 5.41) is 9.39. The Morgan fingerprint density at radius 2 is 2.43 bits per heavy atom. The van der Waals surface area contributed by atoms with Gasteiger partial charge >= 0.3 is 0 Å². The van der Waals surface area contributed by atoms with Crippen LogP contribution in [0.4, 0.5) is 0 Å². The van der Waals surface area contributed by atoms with Gasteiger partial charge in [0.1, 0.15) is 5.76 Å². The van der Waals surface area contributed by atoms with Gasteiger partial charge in [0.2, 0.25) is 0 Å². The molecule has 0 fully saturated rings. The van der Waals surface area contributed by atoms with E-state index >= 15 is 0 Å². The molecule has 0 radical (unpaired) electrons. The Morgan fingerprint density at radius 3 is 2.93 bits per heavy atom. The summed E-state index contributed by atoms with van der Waals surface area (Å²) < 4.78 is 5.30. The van der Waals surface area contributed by atoms with E-state index < -0.39 is 0 Å². The molecule has 1 rings (SSSR count). The second-order valence-electron chi connectivity index (χ2n) is 3.20. The Balaban J connectivity index is 2.47. The SMILES string of the molecule is CC(CCO)SC(CN)c1ccco1. The summed E-state index contributed by atoms with van der Waals surface area (Å²) in [4.78, 5) is 0. The van der Waals surface area contributed by atoms with E-state index in [0.717, 1.165) is 12.2 Å². The third-order valence-electron chi connectivity index (χ3n) is 2.01. The first-order valence-corrected chi connectivity index (χ1v) is 5.72. The van der Waals surface area contributed by atoms with Crippen LogP contribution in [0.3, 0.4) is 0 Å². The summed E-state index contributed by atoms with van der Waals surface area (Å²) in [6.07, 6.45) is 2.46. The smallest absolute Gasteiger partial charge is 0.118 e. The molecule has 1 aromatic heterocycles. The number of aliphatic hydroxyl groups excluding tert-OH is 1. The molecule has 0 bridgehead atoms. The molecule has 0 amide bonds. The van der Waals surface area contributed by atoms with Crippen molar-refractivity contribution in [2.45, 2.75) is 23.8 Å². The number of aliphatic hydroxyl groups is 1. The highest BCUT2D eigenvalue weighted by Crippen LogP contribution is 2.32. The van der Waals surface area contributed by atoms with Crippen LogP contribution in [0, 0.1) is 0 Å². The van der Waals surface area contributed by atoms with E-state index in [0.29, 0.717) is 11.8 Å². The number of hydrogen-bond donors (Lipinski definition) is 2. The maximum absolute atomic E-state index is 8.78. The molecule has 0 aliphatic carbocycles. The second kappa shape index (κ2) is 6.11. The van der Waals surface area contributed by atoms with Crippen LogP contribution in [-0.2, 0) is 0 Å². The normalized spacial score (nSPS) is 15.4. The van der Waals surface area contributed by atoms with Crippen molar-refractivity contribution in [2.75, 3.05) is 13.2 Å². The van der Waals surface area contributed by atoms with Crippen molar-refractivity contribution in [3.05, 3.63) is 24.2 Å². The van der Waals surface area contributed by atoms with E-state index in [9.17, 15) is 0 Å². The fraction of sp³-hybridized carbons (Fsp3) is 0.600. The molecule has 0 aliphatic heterocycles. The van der Waals surface area contributed by atoms with Crippen LogP contribution >= 0.6 is 11.8 Å². The molecule has 0 aliphatic rings. The van der Waals surface area contributed by atoms with Crippen molar-refractivity contribution in [2.24, 2.45) is 5.73 Å². The molecule has 4 heteroatoms. The van der Waals surface area contributed by atoms with Gasteiger partial charge in [-0.3, -0.25) is 0 Å². The Morgan fingerprint density at radius 1 is 1.64 bits per heavy atom. The van der Waals surface area contributed by atoms with Gasteiger partial charge in [0.15, 0.2) is 0 Å². The first kappa shape index (κ1) is 11.6. The quantitative estimate of drug-likeness (QED) is 0.759. The van der Waals surface area contributed by atoms with Gasteiger partial charge in [-0.05, 0) is 18.6 Å². The summed E-state index contributed by atoms with van der Waals surface area (Å²) in [6.45, 7) is 2.88. The predicted octanol–water partition coefficient (Wildman–Crippen LogP) is 1.78. The van der Waals surface area contributed by atoms with Gasteiger partial charge in [-0.15, -0.1) is 11.8 Å². The van der Waals surface area contributed by atoms with Crippen LogP contribution in [0.1, 0.15) is 24.4 Å². The molecule has 0 saturated heterocycles. The van der Waals surface area contributed by atoms with Gasteiger partial charge in [0, 0.05) is 18.4 Å². The summed E-state index contributed by atoms with van der Waals surface area (Å²) in [7, 11) is 0. The van der Waals surface area contributed by atoms with Gasteiger partial charge in [0.05, 0.1) is 11.5 Å². The monoisotopic (exact) mass is 215 g/mol.